The van der Waals surface area contributed by atoms with Crippen molar-refractivity contribution < 1.29 is 24.1 Å². The highest BCUT2D eigenvalue weighted by atomic mass is 16.5. The summed E-state index contributed by atoms with van der Waals surface area (Å²) in [5, 5.41) is 10.5. The minimum Gasteiger partial charge on any atom is -0.502 e. The monoisotopic (exact) mass is 478 g/mol. The molecule has 0 spiro atoms. The van der Waals surface area contributed by atoms with Crippen LogP contribution in [0.15, 0.2) is 60.7 Å². The van der Waals surface area contributed by atoms with Crippen molar-refractivity contribution in [3.8, 4) is 28.7 Å². The van der Waals surface area contributed by atoms with Crippen LogP contribution in [0.3, 0.4) is 0 Å². The molecule has 3 aromatic carbocycles. The molecule has 7 heteroatoms. The van der Waals surface area contributed by atoms with Crippen molar-refractivity contribution in [1.29, 1.82) is 0 Å². The summed E-state index contributed by atoms with van der Waals surface area (Å²) >= 11 is 0. The lowest BCUT2D eigenvalue weighted by Gasteiger charge is -2.44. The second-order valence-electron chi connectivity index (χ2n) is 8.57. The van der Waals surface area contributed by atoms with Crippen molar-refractivity contribution in [2.75, 3.05) is 41.5 Å². The van der Waals surface area contributed by atoms with Crippen LogP contribution in [-0.2, 0) is 13.1 Å². The Bertz CT molecular complexity index is 1050. The molecule has 0 atom stereocenters. The number of ether oxygens (including phenoxy) is 4. The summed E-state index contributed by atoms with van der Waals surface area (Å²) in [5.41, 5.74) is 3.23. The van der Waals surface area contributed by atoms with E-state index in [2.05, 4.69) is 21.9 Å². The van der Waals surface area contributed by atoms with Gasteiger partial charge < -0.3 is 24.1 Å². The summed E-state index contributed by atoms with van der Waals surface area (Å²) in [7, 11) is 6.52. The standard InChI is InChI=1S/C28H34N2O5/c1-32-23-12-7-5-10-20(23)18-29-14-9-15-30(19-21-11-6-8-13-24(21)33-2)28(29)22-16-25(34-3)27(31)26(17-22)35-4/h5-8,10-13,16-17,28,31H,9,14-15,18-19H2,1-4H3. The van der Waals surface area contributed by atoms with E-state index in [1.54, 1.807) is 28.4 Å². The topological polar surface area (TPSA) is 63.6 Å². The van der Waals surface area contributed by atoms with Gasteiger partial charge in [0.15, 0.2) is 11.5 Å². The van der Waals surface area contributed by atoms with Crippen molar-refractivity contribution in [3.63, 3.8) is 0 Å². The molecule has 1 N–H and O–H groups in total. The van der Waals surface area contributed by atoms with Gasteiger partial charge in [0, 0.05) is 37.3 Å². The number of hydrogen-bond acceptors (Lipinski definition) is 7. The van der Waals surface area contributed by atoms with Gasteiger partial charge in [-0.15, -0.1) is 0 Å². The second kappa shape index (κ2) is 11.3. The van der Waals surface area contributed by atoms with Gasteiger partial charge in [-0.1, -0.05) is 36.4 Å². The first kappa shape index (κ1) is 24.7. The first-order valence-electron chi connectivity index (χ1n) is 11.8. The molecule has 0 unspecified atom stereocenters. The molecular formula is C28H34N2O5. The van der Waals surface area contributed by atoms with Crippen LogP contribution in [0, 0.1) is 0 Å². The molecule has 1 heterocycles. The zero-order valence-corrected chi connectivity index (χ0v) is 20.9. The SMILES string of the molecule is COc1ccccc1CN1CCCN(Cc2ccccc2OC)C1c1cc(OC)c(O)c(OC)c1. The number of rotatable bonds is 9. The minimum absolute atomic E-state index is 0.00196. The Morgan fingerprint density at radius 2 is 1.11 bits per heavy atom. The maximum Gasteiger partial charge on any atom is 0.200 e. The van der Waals surface area contributed by atoms with E-state index in [1.807, 2.05) is 48.5 Å². The van der Waals surface area contributed by atoms with Gasteiger partial charge in [0.1, 0.15) is 11.5 Å². The number of hydrogen-bond donors (Lipinski definition) is 1. The smallest absolute Gasteiger partial charge is 0.200 e. The Labute approximate surface area is 207 Å². The Balaban J connectivity index is 1.77. The number of nitrogens with zero attached hydrogens (tertiary/aromatic N) is 2. The third kappa shape index (κ3) is 5.31. The van der Waals surface area contributed by atoms with E-state index >= 15 is 0 Å². The predicted octanol–water partition coefficient (Wildman–Crippen LogP) is 4.83. The number of methoxy groups -OCH3 is 4. The molecule has 1 fully saturated rings. The van der Waals surface area contributed by atoms with E-state index in [0.29, 0.717) is 24.6 Å². The van der Waals surface area contributed by atoms with Crippen molar-refractivity contribution in [2.45, 2.75) is 25.7 Å². The van der Waals surface area contributed by atoms with Gasteiger partial charge in [0.25, 0.3) is 0 Å². The average molecular weight is 479 g/mol. The molecule has 0 bridgehead atoms. The van der Waals surface area contributed by atoms with Gasteiger partial charge in [-0.05, 0) is 36.2 Å². The maximum atomic E-state index is 10.5. The number of phenols is 1. The van der Waals surface area contributed by atoms with Crippen LogP contribution in [-0.4, -0.2) is 56.4 Å². The normalized spacial score (nSPS) is 15.1. The first-order chi connectivity index (χ1) is 17.1. The molecule has 0 saturated carbocycles. The summed E-state index contributed by atoms with van der Waals surface area (Å²) in [6, 6.07) is 20.0. The highest BCUT2D eigenvalue weighted by Crippen LogP contribution is 2.42. The molecule has 0 aromatic heterocycles. The van der Waals surface area contributed by atoms with E-state index in [-0.39, 0.29) is 11.9 Å². The molecule has 1 aliphatic heterocycles. The van der Waals surface area contributed by atoms with Crippen LogP contribution in [0.5, 0.6) is 28.7 Å². The Hall–Kier alpha value is -3.42. The maximum absolute atomic E-state index is 10.5. The number of phenolic OH excluding ortho intramolecular Hbond substituents is 1. The number of para-hydroxylation sites is 2. The van der Waals surface area contributed by atoms with Crippen molar-refractivity contribution >= 4 is 0 Å². The highest BCUT2D eigenvalue weighted by Gasteiger charge is 2.33. The largest absolute Gasteiger partial charge is 0.502 e. The van der Waals surface area contributed by atoms with Crippen LogP contribution in [0.2, 0.25) is 0 Å². The molecule has 0 aliphatic carbocycles. The summed E-state index contributed by atoms with van der Waals surface area (Å²) in [4.78, 5) is 4.87. The second-order valence-corrected chi connectivity index (χ2v) is 8.57. The van der Waals surface area contributed by atoms with Crippen molar-refractivity contribution in [2.24, 2.45) is 0 Å². The van der Waals surface area contributed by atoms with E-state index in [1.165, 1.54) is 0 Å². The van der Waals surface area contributed by atoms with Crippen molar-refractivity contribution in [3.05, 3.63) is 77.4 Å². The van der Waals surface area contributed by atoms with Crippen LogP contribution < -0.4 is 18.9 Å². The van der Waals surface area contributed by atoms with Gasteiger partial charge in [0.2, 0.25) is 5.75 Å². The van der Waals surface area contributed by atoms with Crippen LogP contribution in [0.1, 0.15) is 29.3 Å². The third-order valence-corrected chi connectivity index (χ3v) is 6.51. The lowest BCUT2D eigenvalue weighted by Crippen LogP contribution is -2.47. The number of benzene rings is 3. The quantitative estimate of drug-likeness (QED) is 0.472. The lowest BCUT2D eigenvalue weighted by atomic mass is 10.0. The van der Waals surface area contributed by atoms with E-state index < -0.39 is 0 Å². The summed E-state index contributed by atoms with van der Waals surface area (Å²) in [5.74, 6) is 2.52. The van der Waals surface area contributed by atoms with Crippen LogP contribution >= 0.6 is 0 Å². The zero-order valence-electron chi connectivity index (χ0n) is 20.9. The number of aromatic hydroxyl groups is 1. The molecule has 0 radical (unpaired) electrons. The fourth-order valence-corrected chi connectivity index (χ4v) is 4.87. The molecular weight excluding hydrogens is 444 g/mol. The Kier molecular flexibility index (Phi) is 8.00. The Morgan fingerprint density at radius 3 is 1.54 bits per heavy atom. The van der Waals surface area contributed by atoms with E-state index in [4.69, 9.17) is 18.9 Å². The fourth-order valence-electron chi connectivity index (χ4n) is 4.87. The van der Waals surface area contributed by atoms with Crippen LogP contribution in [0.25, 0.3) is 0 Å². The Morgan fingerprint density at radius 1 is 0.686 bits per heavy atom. The molecule has 35 heavy (non-hydrogen) atoms. The first-order valence-corrected chi connectivity index (χ1v) is 11.8. The lowest BCUT2D eigenvalue weighted by molar-refractivity contribution is -0.01000. The van der Waals surface area contributed by atoms with Gasteiger partial charge in [-0.2, -0.15) is 0 Å². The fraction of sp³-hybridized carbons (Fsp3) is 0.357. The molecule has 1 saturated heterocycles. The molecule has 3 aromatic rings. The van der Waals surface area contributed by atoms with Gasteiger partial charge in [-0.25, -0.2) is 0 Å². The summed E-state index contributed by atoms with van der Waals surface area (Å²) in [6.45, 7) is 3.25. The zero-order chi connectivity index (χ0) is 24.8. The highest BCUT2D eigenvalue weighted by molar-refractivity contribution is 5.53. The molecule has 4 rings (SSSR count). The van der Waals surface area contributed by atoms with Crippen LogP contribution in [0.4, 0.5) is 0 Å². The van der Waals surface area contributed by atoms with E-state index in [9.17, 15) is 5.11 Å². The minimum atomic E-state index is -0.0815. The predicted molar refractivity (Wildman–Crippen MR) is 135 cm³/mol. The van der Waals surface area contributed by atoms with Gasteiger partial charge in [-0.3, -0.25) is 9.80 Å². The molecule has 1 aliphatic rings. The molecule has 7 nitrogen and oxygen atoms in total. The average Bonchev–Trinajstić information content (AvgIpc) is 2.90. The molecule has 186 valence electrons. The van der Waals surface area contributed by atoms with Crippen molar-refractivity contribution in [1.82, 2.24) is 9.80 Å². The summed E-state index contributed by atoms with van der Waals surface area (Å²) in [6.07, 6.45) is 0.939. The van der Waals surface area contributed by atoms with E-state index in [0.717, 1.165) is 47.7 Å². The van der Waals surface area contributed by atoms with Gasteiger partial charge in [0.05, 0.1) is 34.6 Å². The van der Waals surface area contributed by atoms with Gasteiger partial charge >= 0.3 is 0 Å². The summed E-state index contributed by atoms with van der Waals surface area (Å²) < 4.78 is 22.3. The molecule has 0 amide bonds. The third-order valence-electron chi connectivity index (χ3n) is 6.51.